The Balaban J connectivity index is 2.09. The van der Waals surface area contributed by atoms with Crippen LogP contribution in [0.1, 0.15) is 6.42 Å². The first-order valence-corrected chi connectivity index (χ1v) is 7.36. The molecule has 1 aliphatic rings. The van der Waals surface area contributed by atoms with Crippen molar-refractivity contribution in [3.05, 3.63) is 42.7 Å². The number of anilines is 1. The Bertz CT molecular complexity index is 625. The molecule has 0 bridgehead atoms. The van der Waals surface area contributed by atoms with E-state index < -0.39 is 0 Å². The normalized spacial score (nSPS) is 18.6. The largest absolute Gasteiger partial charge is 0.497 e. The van der Waals surface area contributed by atoms with E-state index in [4.69, 9.17) is 4.74 Å². The molecule has 104 valence electrons. The molecule has 5 heteroatoms. The van der Waals surface area contributed by atoms with Crippen LogP contribution in [0.25, 0.3) is 5.69 Å². The van der Waals surface area contributed by atoms with E-state index in [1.807, 2.05) is 52.2 Å². The summed E-state index contributed by atoms with van der Waals surface area (Å²) in [6.45, 7) is 0.681. The van der Waals surface area contributed by atoms with E-state index in [0.717, 1.165) is 17.1 Å². The average Bonchev–Trinajstić information content (AvgIpc) is 3.07. The lowest BCUT2D eigenvalue weighted by Gasteiger charge is -2.21. The summed E-state index contributed by atoms with van der Waals surface area (Å²) in [5.41, 5.74) is 1.86. The second kappa shape index (κ2) is 5.32. The Kier molecular flexibility index (Phi) is 3.53. The van der Waals surface area contributed by atoms with Crippen LogP contribution in [0.2, 0.25) is 0 Å². The van der Waals surface area contributed by atoms with Crippen LogP contribution >= 0.6 is 15.9 Å². The molecule has 1 aliphatic heterocycles. The monoisotopic (exact) mass is 334 g/mol. The van der Waals surface area contributed by atoms with E-state index in [9.17, 15) is 4.79 Å². The molecule has 1 aromatic heterocycles. The highest BCUT2D eigenvalue weighted by molar-refractivity contribution is 9.09. The molecule has 1 amide bonds. The predicted molar refractivity (Wildman–Crippen MR) is 82.0 cm³/mol. The van der Waals surface area contributed by atoms with Crippen molar-refractivity contribution in [2.75, 3.05) is 18.6 Å². The van der Waals surface area contributed by atoms with Gasteiger partial charge in [0, 0.05) is 36.3 Å². The number of carbonyl (C=O) groups is 1. The van der Waals surface area contributed by atoms with Gasteiger partial charge in [-0.3, -0.25) is 4.79 Å². The number of nitrogens with zero attached hydrogens (tertiary/aromatic N) is 2. The Morgan fingerprint density at radius 3 is 2.60 bits per heavy atom. The van der Waals surface area contributed by atoms with Gasteiger partial charge < -0.3 is 14.2 Å². The summed E-state index contributed by atoms with van der Waals surface area (Å²) < 4.78 is 7.29. The van der Waals surface area contributed by atoms with E-state index in [-0.39, 0.29) is 10.7 Å². The summed E-state index contributed by atoms with van der Waals surface area (Å²) in [6.07, 6.45) is 4.47. The van der Waals surface area contributed by atoms with Crippen LogP contribution in [-0.4, -0.2) is 29.0 Å². The minimum Gasteiger partial charge on any atom is -0.497 e. The van der Waals surface area contributed by atoms with E-state index in [2.05, 4.69) is 15.9 Å². The molecule has 1 fully saturated rings. The van der Waals surface area contributed by atoms with Crippen molar-refractivity contribution < 1.29 is 9.53 Å². The summed E-state index contributed by atoms with van der Waals surface area (Å²) in [7, 11) is 1.63. The molecule has 0 aliphatic carbocycles. The highest BCUT2D eigenvalue weighted by Crippen LogP contribution is 2.33. The first kappa shape index (κ1) is 13.2. The second-order valence-electron chi connectivity index (χ2n) is 4.75. The fraction of sp³-hybridized carbons (Fsp3) is 0.267. The minimum atomic E-state index is 0.133. The number of rotatable bonds is 3. The minimum absolute atomic E-state index is 0.133. The predicted octanol–water partition coefficient (Wildman–Crippen LogP) is 2.99. The Labute approximate surface area is 126 Å². The number of amides is 1. The van der Waals surface area contributed by atoms with Crippen LogP contribution in [0.15, 0.2) is 42.7 Å². The number of alkyl halides is 1. The maximum atomic E-state index is 12.2. The fourth-order valence-corrected chi connectivity index (χ4v) is 3.02. The molecule has 20 heavy (non-hydrogen) atoms. The van der Waals surface area contributed by atoms with Crippen molar-refractivity contribution in [3.63, 3.8) is 0 Å². The zero-order valence-corrected chi connectivity index (χ0v) is 12.7. The van der Waals surface area contributed by atoms with Crippen molar-refractivity contribution in [2.24, 2.45) is 0 Å². The molecule has 1 unspecified atom stereocenters. The van der Waals surface area contributed by atoms with Gasteiger partial charge >= 0.3 is 0 Å². The molecule has 0 saturated carbocycles. The summed E-state index contributed by atoms with van der Waals surface area (Å²) in [5.74, 6) is 0.885. The van der Waals surface area contributed by atoms with E-state index >= 15 is 0 Å². The maximum Gasteiger partial charge on any atom is 0.228 e. The molecule has 3 rings (SSSR count). The standard InChI is InChI=1S/C15H15BrN2O2/c1-20-12-4-5-13(17-6-2-3-7-17)14(9-12)18-10-11(16)8-15(18)19/h2-7,9,11H,8,10H2,1H3. The Morgan fingerprint density at radius 2 is 2.00 bits per heavy atom. The lowest BCUT2D eigenvalue weighted by Crippen LogP contribution is -2.25. The van der Waals surface area contributed by atoms with Gasteiger partial charge in [-0.1, -0.05) is 15.9 Å². The first-order chi connectivity index (χ1) is 9.69. The quantitative estimate of drug-likeness (QED) is 0.808. The second-order valence-corrected chi connectivity index (χ2v) is 6.05. The number of ether oxygens (including phenoxy) is 1. The van der Waals surface area contributed by atoms with Crippen LogP contribution in [-0.2, 0) is 4.79 Å². The van der Waals surface area contributed by atoms with Gasteiger partial charge in [0.2, 0.25) is 5.91 Å². The number of aromatic nitrogens is 1. The van der Waals surface area contributed by atoms with Crippen LogP contribution < -0.4 is 9.64 Å². The van der Waals surface area contributed by atoms with Crippen LogP contribution in [0.3, 0.4) is 0 Å². The van der Waals surface area contributed by atoms with Gasteiger partial charge in [0.15, 0.2) is 0 Å². The molecule has 2 aromatic rings. The molecule has 0 radical (unpaired) electrons. The third kappa shape index (κ3) is 2.33. The van der Waals surface area contributed by atoms with E-state index in [1.54, 1.807) is 7.11 Å². The summed E-state index contributed by atoms with van der Waals surface area (Å²) in [5, 5.41) is 0. The van der Waals surface area contributed by atoms with Crippen molar-refractivity contribution >= 4 is 27.5 Å². The fourth-order valence-electron chi connectivity index (χ4n) is 2.46. The van der Waals surface area contributed by atoms with Crippen molar-refractivity contribution in [3.8, 4) is 11.4 Å². The van der Waals surface area contributed by atoms with Gasteiger partial charge in [0.25, 0.3) is 0 Å². The number of hydrogen-bond acceptors (Lipinski definition) is 2. The molecular formula is C15H15BrN2O2. The van der Waals surface area contributed by atoms with Gasteiger partial charge in [-0.2, -0.15) is 0 Å². The summed E-state index contributed by atoms with van der Waals surface area (Å²) in [6, 6.07) is 9.73. The lowest BCUT2D eigenvalue weighted by atomic mass is 10.2. The maximum absolute atomic E-state index is 12.2. The van der Waals surface area contributed by atoms with Crippen LogP contribution in [0.5, 0.6) is 5.75 Å². The van der Waals surface area contributed by atoms with Gasteiger partial charge in [-0.05, 0) is 24.3 Å². The van der Waals surface area contributed by atoms with Gasteiger partial charge in [-0.25, -0.2) is 0 Å². The van der Waals surface area contributed by atoms with Gasteiger partial charge in [0.1, 0.15) is 5.75 Å². The first-order valence-electron chi connectivity index (χ1n) is 6.45. The molecule has 0 N–H and O–H groups in total. The number of halogens is 1. The van der Waals surface area contributed by atoms with Crippen LogP contribution in [0.4, 0.5) is 5.69 Å². The van der Waals surface area contributed by atoms with E-state index in [0.29, 0.717) is 13.0 Å². The third-order valence-corrected chi connectivity index (χ3v) is 4.05. The molecule has 4 nitrogen and oxygen atoms in total. The number of hydrogen-bond donors (Lipinski definition) is 0. The molecule has 2 heterocycles. The molecule has 0 spiro atoms. The topological polar surface area (TPSA) is 34.5 Å². The van der Waals surface area contributed by atoms with Crippen molar-refractivity contribution in [2.45, 2.75) is 11.2 Å². The zero-order chi connectivity index (χ0) is 14.1. The van der Waals surface area contributed by atoms with Crippen molar-refractivity contribution in [1.82, 2.24) is 4.57 Å². The highest BCUT2D eigenvalue weighted by atomic mass is 79.9. The SMILES string of the molecule is COc1ccc(-n2cccc2)c(N2CC(Br)CC2=O)c1. The molecule has 1 aromatic carbocycles. The summed E-state index contributed by atoms with van der Waals surface area (Å²) >= 11 is 3.52. The molecule has 1 atom stereocenters. The van der Waals surface area contributed by atoms with Crippen LogP contribution in [0, 0.1) is 0 Å². The number of benzene rings is 1. The lowest BCUT2D eigenvalue weighted by molar-refractivity contribution is -0.117. The molecule has 1 saturated heterocycles. The molecular weight excluding hydrogens is 320 g/mol. The van der Waals surface area contributed by atoms with Crippen molar-refractivity contribution in [1.29, 1.82) is 0 Å². The average molecular weight is 335 g/mol. The zero-order valence-electron chi connectivity index (χ0n) is 11.1. The summed E-state index contributed by atoms with van der Waals surface area (Å²) in [4.78, 5) is 14.2. The Hall–Kier alpha value is -1.75. The third-order valence-electron chi connectivity index (χ3n) is 3.43. The van der Waals surface area contributed by atoms with Gasteiger partial charge in [-0.15, -0.1) is 0 Å². The number of methoxy groups -OCH3 is 1. The smallest absolute Gasteiger partial charge is 0.228 e. The Morgan fingerprint density at radius 1 is 1.25 bits per heavy atom. The highest BCUT2D eigenvalue weighted by Gasteiger charge is 2.30. The van der Waals surface area contributed by atoms with Gasteiger partial charge in [0.05, 0.1) is 18.5 Å². The number of carbonyl (C=O) groups excluding carboxylic acids is 1. The van der Waals surface area contributed by atoms with E-state index in [1.165, 1.54) is 0 Å².